The summed E-state index contributed by atoms with van der Waals surface area (Å²) in [4.78, 5) is 6.08. The number of aliphatic hydroxyl groups excluding tert-OH is 1. The summed E-state index contributed by atoms with van der Waals surface area (Å²) in [6.45, 7) is 3.50. The number of hydrogen-bond donors (Lipinski definition) is 1. The fraction of sp³-hybridized carbons (Fsp3) is 0.545. The Morgan fingerprint density at radius 2 is 2.33 bits per heavy atom. The Labute approximate surface area is 95.7 Å². The van der Waals surface area contributed by atoms with Crippen molar-refractivity contribution in [3.8, 4) is 0 Å². The van der Waals surface area contributed by atoms with Gasteiger partial charge in [0.05, 0.1) is 6.10 Å². The average Bonchev–Trinajstić information content (AvgIpc) is 2.15. The molecule has 15 heavy (non-hydrogen) atoms. The van der Waals surface area contributed by atoms with Crippen molar-refractivity contribution in [1.82, 2.24) is 9.88 Å². The molecule has 1 atom stereocenters. The molecule has 0 spiro atoms. The molecule has 1 rings (SSSR count). The molecule has 1 heterocycles. The molecular weight excluding hydrogens is 212 g/mol. The molecule has 0 aliphatic heterocycles. The second kappa shape index (κ2) is 6.05. The van der Waals surface area contributed by atoms with Crippen LogP contribution in [0.2, 0.25) is 5.15 Å². The van der Waals surface area contributed by atoms with Gasteiger partial charge in [0, 0.05) is 19.3 Å². The van der Waals surface area contributed by atoms with Gasteiger partial charge in [0.2, 0.25) is 0 Å². The van der Waals surface area contributed by atoms with Crippen LogP contribution in [0.1, 0.15) is 18.9 Å². The highest BCUT2D eigenvalue weighted by Crippen LogP contribution is 2.09. The summed E-state index contributed by atoms with van der Waals surface area (Å²) >= 11 is 5.79. The lowest BCUT2D eigenvalue weighted by Gasteiger charge is -2.17. The highest BCUT2D eigenvalue weighted by atomic mass is 35.5. The molecule has 84 valence electrons. The second-order valence-corrected chi connectivity index (χ2v) is 4.25. The summed E-state index contributed by atoms with van der Waals surface area (Å²) in [5, 5.41) is 9.68. The van der Waals surface area contributed by atoms with E-state index in [1.165, 1.54) is 0 Å². The summed E-state index contributed by atoms with van der Waals surface area (Å²) in [6.07, 6.45) is 2.25. The molecule has 3 nitrogen and oxygen atoms in total. The zero-order chi connectivity index (χ0) is 11.3. The standard InChI is InChI=1S/C11H17ClN2O/c1-9(15)4-6-14(2)8-10-3-5-13-11(12)7-10/h3,5,7,9,15H,4,6,8H2,1-2H3. The minimum absolute atomic E-state index is 0.242. The maximum atomic E-state index is 9.15. The zero-order valence-corrected chi connectivity index (χ0v) is 9.91. The first kappa shape index (κ1) is 12.4. The molecule has 0 fully saturated rings. The number of pyridine rings is 1. The lowest BCUT2D eigenvalue weighted by atomic mass is 10.2. The van der Waals surface area contributed by atoms with Gasteiger partial charge >= 0.3 is 0 Å². The number of nitrogens with zero attached hydrogens (tertiary/aromatic N) is 2. The first-order chi connectivity index (χ1) is 7.08. The molecule has 0 saturated heterocycles. The first-order valence-electron chi connectivity index (χ1n) is 5.05. The van der Waals surface area contributed by atoms with E-state index in [-0.39, 0.29) is 6.10 Å². The molecule has 0 aromatic carbocycles. The quantitative estimate of drug-likeness (QED) is 0.783. The third kappa shape index (κ3) is 5.11. The van der Waals surface area contributed by atoms with Gasteiger partial charge in [-0.25, -0.2) is 4.98 Å². The minimum atomic E-state index is -0.242. The summed E-state index contributed by atoms with van der Waals surface area (Å²) in [7, 11) is 2.02. The number of rotatable bonds is 5. The Bertz CT molecular complexity index is 304. The molecule has 0 aliphatic rings. The van der Waals surface area contributed by atoms with Gasteiger partial charge in [-0.15, -0.1) is 0 Å². The Kier molecular flexibility index (Phi) is 5.02. The number of halogens is 1. The van der Waals surface area contributed by atoms with Crippen LogP contribution in [0.3, 0.4) is 0 Å². The molecule has 4 heteroatoms. The molecule has 1 unspecified atom stereocenters. The van der Waals surface area contributed by atoms with E-state index >= 15 is 0 Å². The van der Waals surface area contributed by atoms with Gasteiger partial charge in [-0.2, -0.15) is 0 Å². The van der Waals surface area contributed by atoms with Crippen molar-refractivity contribution in [3.05, 3.63) is 29.0 Å². The van der Waals surface area contributed by atoms with Gasteiger partial charge in [0.1, 0.15) is 5.15 Å². The fourth-order valence-corrected chi connectivity index (χ4v) is 1.54. The van der Waals surface area contributed by atoms with Gasteiger partial charge in [-0.3, -0.25) is 0 Å². The molecule has 0 saturated carbocycles. The van der Waals surface area contributed by atoms with Crippen LogP contribution in [0.25, 0.3) is 0 Å². The van der Waals surface area contributed by atoms with E-state index in [0.717, 1.165) is 25.1 Å². The Morgan fingerprint density at radius 3 is 2.93 bits per heavy atom. The van der Waals surface area contributed by atoms with Gasteiger partial charge in [0.25, 0.3) is 0 Å². The molecule has 1 aromatic heterocycles. The topological polar surface area (TPSA) is 36.4 Å². The first-order valence-corrected chi connectivity index (χ1v) is 5.43. The highest BCUT2D eigenvalue weighted by Gasteiger charge is 2.03. The van der Waals surface area contributed by atoms with E-state index in [4.69, 9.17) is 16.7 Å². The molecule has 0 amide bonds. The van der Waals surface area contributed by atoms with Crippen molar-refractivity contribution >= 4 is 11.6 Å². The van der Waals surface area contributed by atoms with E-state index in [1.807, 2.05) is 19.2 Å². The van der Waals surface area contributed by atoms with E-state index < -0.39 is 0 Å². The van der Waals surface area contributed by atoms with Crippen molar-refractivity contribution in [3.63, 3.8) is 0 Å². The third-order valence-electron chi connectivity index (χ3n) is 2.17. The highest BCUT2D eigenvalue weighted by molar-refractivity contribution is 6.29. The number of aliphatic hydroxyl groups is 1. The molecular formula is C11H17ClN2O. The molecule has 0 aliphatic carbocycles. The van der Waals surface area contributed by atoms with E-state index in [0.29, 0.717) is 5.15 Å². The van der Waals surface area contributed by atoms with E-state index in [9.17, 15) is 0 Å². The SMILES string of the molecule is CC(O)CCN(C)Cc1ccnc(Cl)c1. The van der Waals surface area contributed by atoms with Crippen molar-refractivity contribution < 1.29 is 5.11 Å². The molecule has 0 bridgehead atoms. The predicted octanol–water partition coefficient (Wildman–Crippen LogP) is 1.94. The monoisotopic (exact) mass is 228 g/mol. The summed E-state index contributed by atoms with van der Waals surface area (Å²) in [5.74, 6) is 0. The zero-order valence-electron chi connectivity index (χ0n) is 9.15. The minimum Gasteiger partial charge on any atom is -0.393 e. The van der Waals surface area contributed by atoms with Crippen LogP contribution < -0.4 is 0 Å². The number of aromatic nitrogens is 1. The van der Waals surface area contributed by atoms with Gasteiger partial charge < -0.3 is 10.0 Å². The maximum Gasteiger partial charge on any atom is 0.129 e. The lowest BCUT2D eigenvalue weighted by molar-refractivity contribution is 0.163. The predicted molar refractivity (Wildman–Crippen MR) is 61.9 cm³/mol. The van der Waals surface area contributed by atoms with Crippen LogP contribution in [0, 0.1) is 0 Å². The van der Waals surface area contributed by atoms with E-state index in [2.05, 4.69) is 9.88 Å². The molecule has 1 N–H and O–H groups in total. The second-order valence-electron chi connectivity index (χ2n) is 3.86. The van der Waals surface area contributed by atoms with Gasteiger partial charge in [0.15, 0.2) is 0 Å². The van der Waals surface area contributed by atoms with Crippen molar-refractivity contribution in [2.75, 3.05) is 13.6 Å². The Hall–Kier alpha value is -0.640. The normalized spacial score (nSPS) is 13.1. The lowest BCUT2D eigenvalue weighted by Crippen LogP contribution is -2.22. The average molecular weight is 229 g/mol. The number of hydrogen-bond acceptors (Lipinski definition) is 3. The Balaban J connectivity index is 2.40. The van der Waals surface area contributed by atoms with Crippen LogP contribution in [0.5, 0.6) is 0 Å². The van der Waals surface area contributed by atoms with Crippen LogP contribution in [-0.2, 0) is 6.54 Å². The Morgan fingerprint density at radius 1 is 1.60 bits per heavy atom. The van der Waals surface area contributed by atoms with Crippen molar-refractivity contribution in [1.29, 1.82) is 0 Å². The third-order valence-corrected chi connectivity index (χ3v) is 2.38. The fourth-order valence-electron chi connectivity index (χ4n) is 1.34. The van der Waals surface area contributed by atoms with Gasteiger partial charge in [-0.05, 0) is 38.1 Å². The summed E-state index contributed by atoms with van der Waals surface area (Å²) in [5.41, 5.74) is 1.14. The van der Waals surface area contributed by atoms with Crippen LogP contribution in [-0.4, -0.2) is 34.7 Å². The summed E-state index contributed by atoms with van der Waals surface area (Å²) in [6, 6.07) is 3.81. The smallest absolute Gasteiger partial charge is 0.129 e. The summed E-state index contributed by atoms with van der Waals surface area (Å²) < 4.78 is 0. The molecule has 1 aromatic rings. The molecule has 0 radical (unpaired) electrons. The van der Waals surface area contributed by atoms with Crippen molar-refractivity contribution in [2.24, 2.45) is 0 Å². The maximum absolute atomic E-state index is 9.15. The van der Waals surface area contributed by atoms with Crippen LogP contribution >= 0.6 is 11.6 Å². The van der Waals surface area contributed by atoms with Crippen molar-refractivity contribution in [2.45, 2.75) is 26.0 Å². The van der Waals surface area contributed by atoms with Crippen LogP contribution in [0.15, 0.2) is 18.3 Å². The van der Waals surface area contributed by atoms with E-state index in [1.54, 1.807) is 13.1 Å². The van der Waals surface area contributed by atoms with Crippen LogP contribution in [0.4, 0.5) is 0 Å². The largest absolute Gasteiger partial charge is 0.393 e. The van der Waals surface area contributed by atoms with Gasteiger partial charge in [-0.1, -0.05) is 11.6 Å².